The van der Waals surface area contributed by atoms with Gasteiger partial charge < -0.3 is 10.2 Å². The molecular formula is C9H11NO4. The van der Waals surface area contributed by atoms with Crippen LogP contribution in [-0.2, 0) is 9.59 Å². The van der Waals surface area contributed by atoms with Crippen molar-refractivity contribution < 1.29 is 19.8 Å². The molecule has 0 aromatic heterocycles. The Hall–Kier alpha value is -1.65. The predicted molar refractivity (Wildman–Crippen MR) is 49.4 cm³/mol. The summed E-state index contributed by atoms with van der Waals surface area (Å²) >= 11 is 0. The van der Waals surface area contributed by atoms with Gasteiger partial charge in [-0.1, -0.05) is 6.08 Å². The number of hydrogen-bond donors (Lipinski definition) is 2. The van der Waals surface area contributed by atoms with E-state index >= 15 is 0 Å². The van der Waals surface area contributed by atoms with Crippen LogP contribution >= 0.6 is 0 Å². The lowest BCUT2D eigenvalue weighted by molar-refractivity contribution is -0.153. The Morgan fingerprint density at radius 2 is 2.07 bits per heavy atom. The average Bonchev–Trinajstić information content (AvgIpc) is 2.02. The smallest absolute Gasteiger partial charge is 0.329 e. The van der Waals surface area contributed by atoms with Crippen molar-refractivity contribution in [3.63, 3.8) is 0 Å². The number of hydrogen-bond acceptors (Lipinski definition) is 3. The topological polar surface area (TPSA) is 87.0 Å². The van der Waals surface area contributed by atoms with Crippen LogP contribution < -0.4 is 0 Å². The summed E-state index contributed by atoms with van der Waals surface area (Å²) in [5, 5.41) is 17.8. The highest BCUT2D eigenvalue weighted by atomic mass is 16.4. The molecule has 0 aliphatic carbocycles. The van der Waals surface area contributed by atoms with Gasteiger partial charge in [0.1, 0.15) is 5.41 Å². The number of carboxylic acid groups (broad SMARTS) is 2. The first kappa shape index (κ1) is 10.4. The molecule has 5 heteroatoms. The van der Waals surface area contributed by atoms with Gasteiger partial charge in [-0.05, 0) is 19.4 Å². The highest BCUT2D eigenvalue weighted by Gasteiger charge is 2.45. The van der Waals surface area contributed by atoms with Gasteiger partial charge in [0.25, 0.3) is 0 Å². The Morgan fingerprint density at radius 3 is 2.50 bits per heavy atom. The first-order valence-electron chi connectivity index (χ1n) is 4.07. The van der Waals surface area contributed by atoms with Crippen LogP contribution in [0, 0.1) is 5.41 Å². The molecule has 1 aliphatic heterocycles. The van der Waals surface area contributed by atoms with E-state index in [1.54, 1.807) is 6.92 Å². The van der Waals surface area contributed by atoms with Crippen LogP contribution in [0.3, 0.4) is 0 Å². The van der Waals surface area contributed by atoms with Crippen LogP contribution in [0.25, 0.3) is 0 Å². The molecule has 0 amide bonds. The summed E-state index contributed by atoms with van der Waals surface area (Å²) < 4.78 is 0. The van der Waals surface area contributed by atoms with Gasteiger partial charge in [0.2, 0.25) is 0 Å². The molecular weight excluding hydrogens is 186 g/mol. The fourth-order valence-corrected chi connectivity index (χ4v) is 1.44. The predicted octanol–water partition coefficient (Wildman–Crippen LogP) is 0.561. The zero-order valence-corrected chi connectivity index (χ0v) is 7.89. The van der Waals surface area contributed by atoms with E-state index in [4.69, 9.17) is 10.2 Å². The van der Waals surface area contributed by atoms with Crippen molar-refractivity contribution >= 4 is 18.2 Å². The summed E-state index contributed by atoms with van der Waals surface area (Å²) in [5.41, 5.74) is -0.794. The van der Waals surface area contributed by atoms with E-state index in [9.17, 15) is 9.59 Å². The normalized spacial score (nSPS) is 31.0. The lowest BCUT2D eigenvalue weighted by atomic mass is 9.79. The van der Waals surface area contributed by atoms with Crippen LogP contribution in [0.2, 0.25) is 0 Å². The lowest BCUT2D eigenvalue weighted by Crippen LogP contribution is -2.44. The van der Waals surface area contributed by atoms with Crippen molar-refractivity contribution in [2.45, 2.75) is 19.9 Å². The second-order valence-corrected chi connectivity index (χ2v) is 3.50. The molecule has 0 aromatic rings. The van der Waals surface area contributed by atoms with Crippen molar-refractivity contribution in [2.75, 3.05) is 0 Å². The molecule has 1 aliphatic rings. The Balaban J connectivity index is 3.17. The molecule has 2 N–H and O–H groups in total. The molecule has 0 radical (unpaired) electrons. The number of nitrogens with zero attached hydrogens (tertiary/aromatic N) is 1. The third kappa shape index (κ3) is 1.53. The largest absolute Gasteiger partial charge is 0.481 e. The minimum atomic E-state index is -1.45. The number of aliphatic carboxylic acids is 2. The number of carbonyl (C=O) groups is 2. The molecule has 2 atom stereocenters. The second kappa shape index (κ2) is 3.25. The van der Waals surface area contributed by atoms with E-state index in [0.29, 0.717) is 5.57 Å². The molecule has 0 saturated carbocycles. The minimum Gasteiger partial charge on any atom is -0.481 e. The summed E-state index contributed by atoms with van der Waals surface area (Å²) in [6.45, 7) is 3.04. The standard InChI is InChI=1S/C9H11NO4/c1-5-3-9(2,8(13)14)6(7(11)12)10-4-5/h3-4,6H,1-2H3,(H,11,12)(H,13,14). The Morgan fingerprint density at radius 1 is 1.50 bits per heavy atom. The summed E-state index contributed by atoms with van der Waals surface area (Å²) in [6, 6.07) is -1.25. The van der Waals surface area contributed by atoms with Crippen LogP contribution in [0.4, 0.5) is 0 Å². The number of dihydropyridines is 1. The SMILES string of the molecule is CC1=CC(C)(C(=O)O)C(C(=O)O)N=C1. The Bertz CT molecular complexity index is 345. The summed E-state index contributed by atoms with van der Waals surface area (Å²) in [5.74, 6) is -2.41. The zero-order chi connectivity index (χ0) is 10.9. The first-order chi connectivity index (χ1) is 6.38. The van der Waals surface area contributed by atoms with Gasteiger partial charge in [0, 0.05) is 6.21 Å². The van der Waals surface area contributed by atoms with Crippen molar-refractivity contribution in [1.29, 1.82) is 0 Å². The number of aliphatic imine (C=N–C) groups is 1. The molecule has 0 aromatic carbocycles. The summed E-state index contributed by atoms with van der Waals surface area (Å²) in [7, 11) is 0. The average molecular weight is 197 g/mol. The van der Waals surface area contributed by atoms with Crippen LogP contribution in [0.5, 0.6) is 0 Å². The fourth-order valence-electron chi connectivity index (χ4n) is 1.44. The van der Waals surface area contributed by atoms with Crippen molar-refractivity contribution in [3.05, 3.63) is 11.6 Å². The third-order valence-corrected chi connectivity index (χ3v) is 2.22. The molecule has 0 fully saturated rings. The molecule has 1 rings (SSSR count). The second-order valence-electron chi connectivity index (χ2n) is 3.50. The molecule has 0 bridgehead atoms. The number of rotatable bonds is 2. The highest BCUT2D eigenvalue weighted by Crippen LogP contribution is 2.30. The summed E-state index contributed by atoms with van der Waals surface area (Å²) in [6.07, 6.45) is 2.80. The van der Waals surface area contributed by atoms with Gasteiger partial charge in [0.05, 0.1) is 0 Å². The van der Waals surface area contributed by atoms with Crippen LogP contribution in [0.1, 0.15) is 13.8 Å². The monoisotopic (exact) mass is 197 g/mol. The number of carboxylic acids is 2. The Labute approximate surface area is 80.8 Å². The minimum absolute atomic E-state index is 0.660. The van der Waals surface area contributed by atoms with E-state index in [0.717, 1.165) is 0 Å². The van der Waals surface area contributed by atoms with Crippen molar-refractivity contribution in [2.24, 2.45) is 10.4 Å². The molecule has 0 saturated heterocycles. The van der Waals surface area contributed by atoms with Crippen LogP contribution in [0.15, 0.2) is 16.6 Å². The molecule has 1 heterocycles. The summed E-state index contributed by atoms with van der Waals surface area (Å²) in [4.78, 5) is 25.4. The van der Waals surface area contributed by atoms with Crippen molar-refractivity contribution in [3.8, 4) is 0 Å². The molecule has 0 spiro atoms. The van der Waals surface area contributed by atoms with E-state index in [1.165, 1.54) is 19.2 Å². The lowest BCUT2D eigenvalue weighted by Gasteiger charge is -2.28. The van der Waals surface area contributed by atoms with Gasteiger partial charge in [-0.3, -0.25) is 9.79 Å². The molecule has 2 unspecified atom stereocenters. The maximum absolute atomic E-state index is 11.0. The van der Waals surface area contributed by atoms with Crippen molar-refractivity contribution in [1.82, 2.24) is 0 Å². The van der Waals surface area contributed by atoms with Gasteiger partial charge in [-0.2, -0.15) is 0 Å². The maximum atomic E-state index is 11.0. The fraction of sp³-hybridized carbons (Fsp3) is 0.444. The van der Waals surface area contributed by atoms with E-state index in [1.807, 2.05) is 0 Å². The van der Waals surface area contributed by atoms with E-state index in [2.05, 4.69) is 4.99 Å². The van der Waals surface area contributed by atoms with E-state index < -0.39 is 23.4 Å². The van der Waals surface area contributed by atoms with Gasteiger partial charge in [-0.25, -0.2) is 4.79 Å². The van der Waals surface area contributed by atoms with Gasteiger partial charge >= 0.3 is 11.9 Å². The Kier molecular flexibility index (Phi) is 2.42. The number of allylic oxidation sites excluding steroid dienone is 1. The maximum Gasteiger partial charge on any atom is 0.329 e. The van der Waals surface area contributed by atoms with Gasteiger partial charge in [-0.15, -0.1) is 0 Å². The van der Waals surface area contributed by atoms with E-state index in [-0.39, 0.29) is 0 Å². The molecule has 14 heavy (non-hydrogen) atoms. The quantitative estimate of drug-likeness (QED) is 0.677. The molecule has 5 nitrogen and oxygen atoms in total. The van der Waals surface area contributed by atoms with Crippen LogP contribution in [-0.4, -0.2) is 34.4 Å². The highest BCUT2D eigenvalue weighted by molar-refractivity contribution is 5.93. The third-order valence-electron chi connectivity index (χ3n) is 2.22. The zero-order valence-electron chi connectivity index (χ0n) is 7.89. The first-order valence-corrected chi connectivity index (χ1v) is 4.07. The van der Waals surface area contributed by atoms with Gasteiger partial charge in [0.15, 0.2) is 6.04 Å². The molecule has 76 valence electrons.